The number of carbonyl (C=O) groups is 2. The van der Waals surface area contributed by atoms with Gasteiger partial charge in [0.15, 0.2) is 11.5 Å². The third-order valence-corrected chi connectivity index (χ3v) is 4.86. The lowest BCUT2D eigenvalue weighted by Gasteiger charge is -2.32. The Morgan fingerprint density at radius 1 is 1.19 bits per heavy atom. The molecular formula is C21H24N2O4. The van der Waals surface area contributed by atoms with Crippen LogP contribution in [0, 0.1) is 0 Å². The number of rotatable bonds is 7. The second-order valence-corrected chi connectivity index (χ2v) is 6.37. The fourth-order valence-electron chi connectivity index (χ4n) is 3.71. The summed E-state index contributed by atoms with van der Waals surface area (Å²) in [4.78, 5) is 26.9. The molecule has 0 bridgehead atoms. The molecule has 2 aromatic carbocycles. The average molecular weight is 368 g/mol. The molecule has 142 valence electrons. The number of primary amides is 1. The van der Waals surface area contributed by atoms with Crippen molar-refractivity contribution < 1.29 is 19.1 Å². The van der Waals surface area contributed by atoms with Crippen LogP contribution in [-0.2, 0) is 4.79 Å². The second kappa shape index (κ2) is 7.70. The van der Waals surface area contributed by atoms with Crippen LogP contribution in [0.25, 0.3) is 0 Å². The molecule has 0 saturated carbocycles. The Balaban J connectivity index is 2.06. The molecule has 1 aliphatic heterocycles. The molecule has 0 spiro atoms. The molecule has 6 nitrogen and oxygen atoms in total. The van der Waals surface area contributed by atoms with Crippen LogP contribution in [0.5, 0.6) is 11.5 Å². The number of nitrogens with zero attached hydrogens (tertiary/aromatic N) is 1. The normalized spacial score (nSPS) is 16.8. The molecule has 2 aromatic rings. The van der Waals surface area contributed by atoms with E-state index in [0.717, 1.165) is 5.56 Å². The molecule has 27 heavy (non-hydrogen) atoms. The van der Waals surface area contributed by atoms with Crippen LogP contribution in [0.15, 0.2) is 42.5 Å². The van der Waals surface area contributed by atoms with Crippen molar-refractivity contribution in [2.45, 2.75) is 32.4 Å². The lowest BCUT2D eigenvalue weighted by molar-refractivity contribution is -0.123. The van der Waals surface area contributed by atoms with Crippen molar-refractivity contribution in [1.82, 2.24) is 4.90 Å². The Labute approximate surface area is 158 Å². The molecule has 2 atom stereocenters. The van der Waals surface area contributed by atoms with Crippen LogP contribution >= 0.6 is 0 Å². The Hall–Kier alpha value is -3.02. The summed E-state index contributed by atoms with van der Waals surface area (Å²) in [6.45, 7) is 4.37. The maximum absolute atomic E-state index is 13.1. The highest BCUT2D eigenvalue weighted by molar-refractivity contribution is 6.04. The Kier molecular flexibility index (Phi) is 5.35. The standard InChI is InChI=1S/C21H24N2O4/c1-4-16(13-10-11-17(26-3)18(12-13)27-5-2)23-19(20(22)24)14-8-6-7-9-15(14)21(23)25/h6-12,16,19H,4-5H2,1-3H3,(H2,22,24). The number of nitrogens with two attached hydrogens (primary N) is 1. The first kappa shape index (κ1) is 18.8. The van der Waals surface area contributed by atoms with Crippen LogP contribution < -0.4 is 15.2 Å². The number of benzene rings is 2. The van der Waals surface area contributed by atoms with Gasteiger partial charge < -0.3 is 20.1 Å². The van der Waals surface area contributed by atoms with Gasteiger partial charge in [0.05, 0.1) is 19.8 Å². The van der Waals surface area contributed by atoms with E-state index in [0.29, 0.717) is 35.7 Å². The molecule has 6 heteroatoms. The maximum Gasteiger partial charge on any atom is 0.255 e. The minimum atomic E-state index is -0.781. The van der Waals surface area contributed by atoms with Gasteiger partial charge in [-0.05, 0) is 42.7 Å². The fraction of sp³-hybridized carbons (Fsp3) is 0.333. The molecule has 2 N–H and O–H groups in total. The van der Waals surface area contributed by atoms with Gasteiger partial charge in [0.25, 0.3) is 5.91 Å². The molecule has 3 rings (SSSR count). The van der Waals surface area contributed by atoms with Gasteiger partial charge in [-0.1, -0.05) is 31.2 Å². The number of amides is 2. The summed E-state index contributed by atoms with van der Waals surface area (Å²) in [5.74, 6) is 0.508. The number of methoxy groups -OCH3 is 1. The Morgan fingerprint density at radius 3 is 2.56 bits per heavy atom. The zero-order valence-corrected chi connectivity index (χ0v) is 15.8. The minimum absolute atomic E-state index is 0.185. The van der Waals surface area contributed by atoms with E-state index in [2.05, 4.69) is 0 Å². The molecule has 1 heterocycles. The van der Waals surface area contributed by atoms with Crippen LogP contribution in [0.4, 0.5) is 0 Å². The lowest BCUT2D eigenvalue weighted by Crippen LogP contribution is -2.38. The summed E-state index contributed by atoms with van der Waals surface area (Å²) in [6.07, 6.45) is 0.626. The lowest BCUT2D eigenvalue weighted by atomic mass is 9.99. The summed E-state index contributed by atoms with van der Waals surface area (Å²) in [6, 6.07) is 11.6. The first-order valence-electron chi connectivity index (χ1n) is 9.05. The molecule has 0 radical (unpaired) electrons. The monoisotopic (exact) mass is 368 g/mol. The van der Waals surface area contributed by atoms with Crippen molar-refractivity contribution in [2.24, 2.45) is 5.73 Å². The highest BCUT2D eigenvalue weighted by Gasteiger charge is 2.43. The number of hydrogen-bond donors (Lipinski definition) is 1. The zero-order chi connectivity index (χ0) is 19.6. The molecule has 0 saturated heterocycles. The number of ether oxygens (including phenoxy) is 2. The Morgan fingerprint density at radius 2 is 1.93 bits per heavy atom. The first-order chi connectivity index (χ1) is 13.0. The van der Waals surface area contributed by atoms with Crippen molar-refractivity contribution in [3.05, 3.63) is 59.2 Å². The second-order valence-electron chi connectivity index (χ2n) is 6.37. The molecule has 0 fully saturated rings. The maximum atomic E-state index is 13.1. The van der Waals surface area contributed by atoms with Gasteiger partial charge in [-0.15, -0.1) is 0 Å². The molecule has 0 aromatic heterocycles. The van der Waals surface area contributed by atoms with Gasteiger partial charge in [-0.2, -0.15) is 0 Å². The van der Waals surface area contributed by atoms with Gasteiger partial charge in [0, 0.05) is 5.56 Å². The molecule has 2 amide bonds. The summed E-state index contributed by atoms with van der Waals surface area (Å²) in [5.41, 5.74) is 7.74. The van der Waals surface area contributed by atoms with Gasteiger partial charge in [-0.25, -0.2) is 0 Å². The van der Waals surface area contributed by atoms with Crippen LogP contribution in [0.3, 0.4) is 0 Å². The summed E-state index contributed by atoms with van der Waals surface area (Å²) >= 11 is 0. The van der Waals surface area contributed by atoms with Gasteiger partial charge in [0.1, 0.15) is 6.04 Å². The van der Waals surface area contributed by atoms with Gasteiger partial charge in [0.2, 0.25) is 5.91 Å². The van der Waals surface area contributed by atoms with Crippen LogP contribution in [-0.4, -0.2) is 30.4 Å². The molecule has 2 unspecified atom stereocenters. The van der Waals surface area contributed by atoms with E-state index >= 15 is 0 Å². The van der Waals surface area contributed by atoms with E-state index in [1.54, 1.807) is 30.2 Å². The minimum Gasteiger partial charge on any atom is -0.493 e. The van der Waals surface area contributed by atoms with E-state index in [1.807, 2.05) is 38.1 Å². The highest BCUT2D eigenvalue weighted by Crippen LogP contribution is 2.42. The van der Waals surface area contributed by atoms with Crippen LogP contribution in [0.2, 0.25) is 0 Å². The summed E-state index contributed by atoms with van der Waals surface area (Å²) < 4.78 is 11.0. The Bertz CT molecular complexity index is 865. The van der Waals surface area contributed by atoms with Crippen molar-refractivity contribution in [2.75, 3.05) is 13.7 Å². The predicted octanol–water partition coefficient (Wildman–Crippen LogP) is 3.23. The fourth-order valence-corrected chi connectivity index (χ4v) is 3.71. The number of hydrogen-bond acceptors (Lipinski definition) is 4. The van der Waals surface area contributed by atoms with Crippen molar-refractivity contribution in [3.8, 4) is 11.5 Å². The van der Waals surface area contributed by atoms with E-state index in [9.17, 15) is 9.59 Å². The van der Waals surface area contributed by atoms with E-state index in [1.165, 1.54) is 0 Å². The van der Waals surface area contributed by atoms with Crippen molar-refractivity contribution in [3.63, 3.8) is 0 Å². The molecular weight excluding hydrogens is 344 g/mol. The third kappa shape index (κ3) is 3.23. The van der Waals surface area contributed by atoms with Crippen LogP contribution in [0.1, 0.15) is 53.8 Å². The number of fused-ring (bicyclic) bond motifs is 1. The number of carbonyl (C=O) groups excluding carboxylic acids is 2. The first-order valence-corrected chi connectivity index (χ1v) is 9.05. The van der Waals surface area contributed by atoms with E-state index < -0.39 is 11.9 Å². The third-order valence-electron chi connectivity index (χ3n) is 4.86. The van der Waals surface area contributed by atoms with Gasteiger partial charge >= 0.3 is 0 Å². The summed E-state index contributed by atoms with van der Waals surface area (Å²) in [5, 5.41) is 0. The van der Waals surface area contributed by atoms with Gasteiger partial charge in [-0.3, -0.25) is 9.59 Å². The predicted molar refractivity (Wildman–Crippen MR) is 102 cm³/mol. The smallest absolute Gasteiger partial charge is 0.255 e. The quantitative estimate of drug-likeness (QED) is 0.813. The molecule has 1 aliphatic rings. The average Bonchev–Trinajstić information content (AvgIpc) is 2.96. The topological polar surface area (TPSA) is 81.9 Å². The highest BCUT2D eigenvalue weighted by atomic mass is 16.5. The van der Waals surface area contributed by atoms with Crippen molar-refractivity contribution in [1.29, 1.82) is 0 Å². The van der Waals surface area contributed by atoms with E-state index in [4.69, 9.17) is 15.2 Å². The largest absolute Gasteiger partial charge is 0.493 e. The summed E-state index contributed by atoms with van der Waals surface area (Å²) in [7, 11) is 1.58. The molecule has 0 aliphatic carbocycles. The van der Waals surface area contributed by atoms with Crippen molar-refractivity contribution >= 4 is 11.8 Å². The zero-order valence-electron chi connectivity index (χ0n) is 15.8. The van der Waals surface area contributed by atoms with E-state index in [-0.39, 0.29) is 11.9 Å². The SMILES string of the molecule is CCOc1cc(C(CC)N2C(=O)c3ccccc3C2C(N)=O)ccc1OC.